The number of nitrogen functional groups attached to an aromatic ring is 1. The van der Waals surface area contributed by atoms with Crippen LogP contribution in [0.15, 0.2) is 34.2 Å². The lowest BCUT2D eigenvalue weighted by Gasteiger charge is -2.09. The highest BCUT2D eigenvalue weighted by molar-refractivity contribution is 14.1. The van der Waals surface area contributed by atoms with Gasteiger partial charge >= 0.3 is 0 Å². The molecule has 2 heterocycles. The van der Waals surface area contributed by atoms with Crippen molar-refractivity contribution < 1.29 is 0 Å². The predicted molar refractivity (Wildman–Crippen MR) is 85.7 cm³/mol. The van der Waals surface area contributed by atoms with E-state index >= 15 is 0 Å². The quantitative estimate of drug-likeness (QED) is 0.795. The van der Waals surface area contributed by atoms with Gasteiger partial charge in [-0.05, 0) is 42.0 Å². The van der Waals surface area contributed by atoms with Gasteiger partial charge in [0.05, 0.1) is 15.6 Å². The SMILES string of the molecule is Cc1ncn(CCCn2cc(N)ccc2=O)c(=O)c1I. The standard InChI is InChI=1S/C13H15IN4O2/c1-9-12(14)13(20)18(8-16-9)6-2-5-17-7-10(15)3-4-11(17)19/h3-4,7-8H,2,5-6,15H2,1H3. The summed E-state index contributed by atoms with van der Waals surface area (Å²) >= 11 is 2.00. The van der Waals surface area contributed by atoms with Gasteiger partial charge in [0.2, 0.25) is 0 Å². The summed E-state index contributed by atoms with van der Waals surface area (Å²) in [5, 5.41) is 0. The van der Waals surface area contributed by atoms with Crippen LogP contribution in [0.25, 0.3) is 0 Å². The van der Waals surface area contributed by atoms with Gasteiger partial charge in [-0.1, -0.05) is 0 Å². The third kappa shape index (κ3) is 3.27. The topological polar surface area (TPSA) is 82.9 Å². The number of halogens is 1. The molecule has 7 heteroatoms. The highest BCUT2D eigenvalue weighted by atomic mass is 127. The molecule has 0 unspecified atom stereocenters. The summed E-state index contributed by atoms with van der Waals surface area (Å²) < 4.78 is 3.74. The van der Waals surface area contributed by atoms with Crippen molar-refractivity contribution in [2.24, 2.45) is 0 Å². The molecule has 2 N–H and O–H groups in total. The van der Waals surface area contributed by atoms with Gasteiger partial charge in [-0.25, -0.2) is 4.98 Å². The lowest BCUT2D eigenvalue weighted by Crippen LogP contribution is -2.26. The summed E-state index contributed by atoms with van der Waals surface area (Å²) in [6.07, 6.45) is 3.81. The van der Waals surface area contributed by atoms with Crippen LogP contribution >= 0.6 is 22.6 Å². The van der Waals surface area contributed by atoms with Gasteiger partial charge in [-0.2, -0.15) is 0 Å². The fourth-order valence-corrected chi connectivity index (χ4v) is 2.29. The van der Waals surface area contributed by atoms with Crippen molar-refractivity contribution in [3.05, 3.63) is 54.6 Å². The molecule has 0 spiro atoms. The minimum absolute atomic E-state index is 0.0435. The summed E-state index contributed by atoms with van der Waals surface area (Å²) in [6, 6.07) is 3.02. The number of hydrogen-bond acceptors (Lipinski definition) is 4. The number of nitrogens with zero attached hydrogens (tertiary/aromatic N) is 3. The van der Waals surface area contributed by atoms with Crippen molar-refractivity contribution >= 4 is 28.3 Å². The molecule has 0 radical (unpaired) electrons. The third-order valence-electron chi connectivity index (χ3n) is 2.96. The molecule has 0 aliphatic rings. The molecule has 0 atom stereocenters. The number of anilines is 1. The first-order chi connectivity index (χ1) is 9.49. The van der Waals surface area contributed by atoms with Gasteiger partial charge in [0.15, 0.2) is 0 Å². The first kappa shape index (κ1) is 14.8. The molecule has 2 rings (SSSR count). The molecule has 2 aromatic rings. The number of nitrogens with two attached hydrogens (primary N) is 1. The van der Waals surface area contributed by atoms with Crippen LogP contribution in [0, 0.1) is 10.5 Å². The Hall–Kier alpha value is -1.64. The number of pyridine rings is 1. The maximum Gasteiger partial charge on any atom is 0.266 e. The van der Waals surface area contributed by atoms with Gasteiger partial charge in [0.1, 0.15) is 0 Å². The highest BCUT2D eigenvalue weighted by Crippen LogP contribution is 2.02. The smallest absolute Gasteiger partial charge is 0.266 e. The lowest BCUT2D eigenvalue weighted by molar-refractivity contribution is 0.536. The number of hydrogen-bond donors (Lipinski definition) is 1. The van der Waals surface area contributed by atoms with E-state index in [2.05, 4.69) is 4.98 Å². The average Bonchev–Trinajstić information content (AvgIpc) is 2.42. The number of aromatic nitrogens is 3. The average molecular weight is 386 g/mol. The van der Waals surface area contributed by atoms with Crippen molar-refractivity contribution in [1.82, 2.24) is 14.1 Å². The van der Waals surface area contributed by atoms with Crippen LogP contribution in [-0.4, -0.2) is 14.1 Å². The molecule has 6 nitrogen and oxygen atoms in total. The minimum Gasteiger partial charge on any atom is -0.398 e. The van der Waals surface area contributed by atoms with E-state index in [0.29, 0.717) is 28.8 Å². The van der Waals surface area contributed by atoms with Crippen LogP contribution < -0.4 is 16.9 Å². The molecular formula is C13H15IN4O2. The molecule has 0 aliphatic heterocycles. The third-order valence-corrected chi connectivity index (χ3v) is 4.20. The maximum absolute atomic E-state index is 12.0. The summed E-state index contributed by atoms with van der Waals surface area (Å²) in [5.41, 5.74) is 6.79. The van der Waals surface area contributed by atoms with E-state index in [4.69, 9.17) is 5.73 Å². The van der Waals surface area contributed by atoms with Gasteiger partial charge in [0.25, 0.3) is 11.1 Å². The van der Waals surface area contributed by atoms with E-state index in [9.17, 15) is 9.59 Å². The van der Waals surface area contributed by atoms with E-state index < -0.39 is 0 Å². The molecular weight excluding hydrogens is 371 g/mol. The Morgan fingerprint density at radius 2 is 1.95 bits per heavy atom. The molecule has 0 bridgehead atoms. The normalized spacial score (nSPS) is 10.7. The summed E-state index contributed by atoms with van der Waals surface area (Å²) in [6.45, 7) is 2.84. The van der Waals surface area contributed by atoms with Crippen LogP contribution in [-0.2, 0) is 13.1 Å². The molecule has 106 valence electrons. The van der Waals surface area contributed by atoms with Crippen LogP contribution in [0.5, 0.6) is 0 Å². The van der Waals surface area contributed by atoms with Gasteiger partial charge in [0, 0.05) is 31.0 Å². The molecule has 20 heavy (non-hydrogen) atoms. The first-order valence-corrected chi connectivity index (χ1v) is 7.24. The second-order valence-electron chi connectivity index (χ2n) is 4.49. The molecule has 0 saturated heterocycles. The molecule has 2 aromatic heterocycles. The summed E-state index contributed by atoms with van der Waals surface area (Å²) in [5.74, 6) is 0. The van der Waals surface area contributed by atoms with Crippen LogP contribution in [0.2, 0.25) is 0 Å². The Morgan fingerprint density at radius 3 is 2.70 bits per heavy atom. The largest absolute Gasteiger partial charge is 0.398 e. The van der Waals surface area contributed by atoms with Crippen LogP contribution in [0.3, 0.4) is 0 Å². The first-order valence-electron chi connectivity index (χ1n) is 6.16. The van der Waals surface area contributed by atoms with E-state index in [0.717, 1.165) is 5.69 Å². The molecule has 0 aliphatic carbocycles. The monoisotopic (exact) mass is 386 g/mol. The Morgan fingerprint density at radius 1 is 1.25 bits per heavy atom. The molecule has 0 amide bonds. The fraction of sp³-hybridized carbons (Fsp3) is 0.308. The van der Waals surface area contributed by atoms with Crippen molar-refractivity contribution in [1.29, 1.82) is 0 Å². The Balaban J connectivity index is 2.07. The Bertz CT molecular complexity index is 736. The zero-order valence-corrected chi connectivity index (χ0v) is 13.2. The van der Waals surface area contributed by atoms with Crippen molar-refractivity contribution in [2.45, 2.75) is 26.4 Å². The van der Waals surface area contributed by atoms with E-state index in [1.807, 2.05) is 22.6 Å². The predicted octanol–water partition coefficient (Wildman–Crippen LogP) is 0.991. The van der Waals surface area contributed by atoms with Gasteiger partial charge in [-0.15, -0.1) is 0 Å². The van der Waals surface area contributed by atoms with E-state index in [1.54, 1.807) is 34.6 Å². The number of rotatable bonds is 4. The van der Waals surface area contributed by atoms with Gasteiger partial charge in [-0.3, -0.25) is 14.2 Å². The molecule has 0 saturated carbocycles. The zero-order valence-electron chi connectivity index (χ0n) is 11.0. The van der Waals surface area contributed by atoms with Crippen molar-refractivity contribution in [2.75, 3.05) is 5.73 Å². The van der Waals surface area contributed by atoms with E-state index in [1.165, 1.54) is 6.07 Å². The Labute approximate surface area is 129 Å². The minimum atomic E-state index is -0.0943. The second kappa shape index (κ2) is 6.21. The maximum atomic E-state index is 12.0. The molecule has 0 aromatic carbocycles. The van der Waals surface area contributed by atoms with E-state index in [-0.39, 0.29) is 11.1 Å². The summed E-state index contributed by atoms with van der Waals surface area (Å²) in [7, 11) is 0. The Kier molecular flexibility index (Phi) is 4.58. The second-order valence-corrected chi connectivity index (χ2v) is 5.57. The lowest BCUT2D eigenvalue weighted by atomic mass is 10.3. The zero-order chi connectivity index (χ0) is 14.7. The molecule has 0 fully saturated rings. The van der Waals surface area contributed by atoms with Crippen molar-refractivity contribution in [3.63, 3.8) is 0 Å². The van der Waals surface area contributed by atoms with Crippen LogP contribution in [0.4, 0.5) is 5.69 Å². The fourth-order valence-electron chi connectivity index (χ4n) is 1.84. The highest BCUT2D eigenvalue weighted by Gasteiger charge is 2.05. The van der Waals surface area contributed by atoms with Gasteiger partial charge < -0.3 is 10.3 Å². The van der Waals surface area contributed by atoms with Crippen LogP contribution in [0.1, 0.15) is 12.1 Å². The van der Waals surface area contributed by atoms with Crippen molar-refractivity contribution in [3.8, 4) is 0 Å². The number of aryl methyl sites for hydroxylation is 3. The summed E-state index contributed by atoms with van der Waals surface area (Å²) in [4.78, 5) is 27.7.